The van der Waals surface area contributed by atoms with E-state index in [1.165, 1.54) is 0 Å². The lowest BCUT2D eigenvalue weighted by Gasteiger charge is -2.16. The lowest BCUT2D eigenvalue weighted by molar-refractivity contribution is -0.385. The molecular weight excluding hydrogens is 256 g/mol. The van der Waals surface area contributed by atoms with Gasteiger partial charge >= 0.3 is 0 Å². The van der Waals surface area contributed by atoms with Gasteiger partial charge in [0.15, 0.2) is 0 Å². The molecule has 1 aliphatic heterocycles. The van der Waals surface area contributed by atoms with E-state index in [4.69, 9.17) is 4.74 Å². The Morgan fingerprint density at radius 1 is 1.55 bits per heavy atom. The van der Waals surface area contributed by atoms with E-state index in [1.54, 1.807) is 13.0 Å². The smallest absolute Gasteiger partial charge is 0.272 e. The van der Waals surface area contributed by atoms with Crippen molar-refractivity contribution in [1.82, 2.24) is 5.32 Å². The minimum atomic E-state index is -0.318. The largest absolute Gasteiger partial charge is 0.381 e. The predicted octanol–water partition coefficient (Wildman–Crippen LogP) is 2.98. The van der Waals surface area contributed by atoms with E-state index in [1.807, 2.05) is 19.1 Å². The maximum atomic E-state index is 11.0. The Kier molecular flexibility index (Phi) is 5.09. The van der Waals surface area contributed by atoms with Crippen molar-refractivity contribution in [3.63, 3.8) is 0 Å². The summed E-state index contributed by atoms with van der Waals surface area (Å²) >= 11 is 0. The molecule has 1 N–H and O–H groups in total. The van der Waals surface area contributed by atoms with E-state index in [0.29, 0.717) is 11.5 Å². The third-order valence-corrected chi connectivity index (χ3v) is 3.96. The van der Waals surface area contributed by atoms with Crippen molar-refractivity contribution in [3.05, 3.63) is 39.4 Å². The third kappa shape index (κ3) is 3.77. The molecule has 20 heavy (non-hydrogen) atoms. The van der Waals surface area contributed by atoms with Crippen LogP contribution in [-0.2, 0) is 4.74 Å². The SMILES string of the molecule is Cc1ccc(C(C)NCCC2CCOC2)cc1[N+](=O)[O-]. The van der Waals surface area contributed by atoms with Gasteiger partial charge in [0.1, 0.15) is 0 Å². The van der Waals surface area contributed by atoms with Crippen LogP contribution in [0.1, 0.15) is 36.9 Å². The number of hydrogen-bond acceptors (Lipinski definition) is 4. The maximum Gasteiger partial charge on any atom is 0.272 e. The molecule has 0 aliphatic carbocycles. The molecule has 110 valence electrons. The van der Waals surface area contributed by atoms with Crippen LogP contribution in [0.4, 0.5) is 5.69 Å². The first-order valence-electron chi connectivity index (χ1n) is 7.14. The standard InChI is InChI=1S/C15H22N2O3/c1-11-3-4-14(9-15(11)17(18)19)12(2)16-7-5-13-6-8-20-10-13/h3-4,9,12-13,16H,5-8,10H2,1-2H3. The molecule has 0 saturated carbocycles. The average molecular weight is 278 g/mol. The molecule has 0 bridgehead atoms. The predicted molar refractivity (Wildman–Crippen MR) is 77.8 cm³/mol. The fourth-order valence-electron chi connectivity index (χ4n) is 2.53. The molecule has 1 fully saturated rings. The van der Waals surface area contributed by atoms with Crippen LogP contribution in [0, 0.1) is 23.0 Å². The van der Waals surface area contributed by atoms with Gasteiger partial charge in [0, 0.05) is 30.9 Å². The van der Waals surface area contributed by atoms with Gasteiger partial charge in [-0.25, -0.2) is 0 Å². The summed E-state index contributed by atoms with van der Waals surface area (Å²) in [5.74, 6) is 0.655. The molecule has 1 heterocycles. The first-order chi connectivity index (χ1) is 9.58. The summed E-state index contributed by atoms with van der Waals surface area (Å²) in [5.41, 5.74) is 1.86. The second-order valence-electron chi connectivity index (χ2n) is 5.50. The van der Waals surface area contributed by atoms with Gasteiger partial charge in [0.25, 0.3) is 5.69 Å². The number of aryl methyl sites for hydroxylation is 1. The van der Waals surface area contributed by atoms with Crippen LogP contribution >= 0.6 is 0 Å². The molecule has 5 heteroatoms. The molecule has 0 aromatic heterocycles. The summed E-state index contributed by atoms with van der Waals surface area (Å²) < 4.78 is 5.35. The fourth-order valence-corrected chi connectivity index (χ4v) is 2.53. The lowest BCUT2D eigenvalue weighted by atomic mass is 10.0. The van der Waals surface area contributed by atoms with Gasteiger partial charge in [0.05, 0.1) is 4.92 Å². The summed E-state index contributed by atoms with van der Waals surface area (Å²) in [6, 6.07) is 5.57. The van der Waals surface area contributed by atoms with Crippen LogP contribution in [0.2, 0.25) is 0 Å². The molecule has 2 unspecified atom stereocenters. The molecule has 0 amide bonds. The highest BCUT2D eigenvalue weighted by molar-refractivity contribution is 5.43. The highest BCUT2D eigenvalue weighted by atomic mass is 16.6. The summed E-state index contributed by atoms with van der Waals surface area (Å²) in [4.78, 5) is 10.6. The Labute approximate surface area is 119 Å². The highest BCUT2D eigenvalue weighted by Crippen LogP contribution is 2.23. The molecule has 2 atom stereocenters. The Bertz CT molecular complexity index is 470. The van der Waals surface area contributed by atoms with Gasteiger partial charge in [-0.15, -0.1) is 0 Å². The van der Waals surface area contributed by atoms with E-state index in [9.17, 15) is 10.1 Å². The molecule has 0 radical (unpaired) electrons. The molecule has 0 spiro atoms. The highest BCUT2D eigenvalue weighted by Gasteiger charge is 2.17. The van der Waals surface area contributed by atoms with Crippen LogP contribution in [0.15, 0.2) is 18.2 Å². The van der Waals surface area contributed by atoms with E-state index in [0.717, 1.165) is 38.2 Å². The number of nitrogens with one attached hydrogen (secondary N) is 1. The minimum absolute atomic E-state index is 0.122. The normalized spacial score (nSPS) is 20.0. The Hall–Kier alpha value is -1.46. The lowest BCUT2D eigenvalue weighted by Crippen LogP contribution is -2.22. The van der Waals surface area contributed by atoms with Gasteiger partial charge in [-0.3, -0.25) is 10.1 Å². The van der Waals surface area contributed by atoms with Gasteiger partial charge < -0.3 is 10.1 Å². The molecule has 5 nitrogen and oxygen atoms in total. The number of nitrogens with zero attached hydrogens (tertiary/aromatic N) is 1. The second kappa shape index (κ2) is 6.81. The van der Waals surface area contributed by atoms with Gasteiger partial charge in [-0.1, -0.05) is 12.1 Å². The third-order valence-electron chi connectivity index (χ3n) is 3.96. The van der Waals surface area contributed by atoms with Crippen LogP contribution in [0.25, 0.3) is 0 Å². The number of benzene rings is 1. The molecule has 1 aliphatic rings. The van der Waals surface area contributed by atoms with E-state index < -0.39 is 0 Å². The molecule has 1 aromatic rings. The molecule has 1 aromatic carbocycles. The van der Waals surface area contributed by atoms with Crippen molar-refractivity contribution in [3.8, 4) is 0 Å². The maximum absolute atomic E-state index is 11.0. The first-order valence-corrected chi connectivity index (χ1v) is 7.14. The monoisotopic (exact) mass is 278 g/mol. The average Bonchev–Trinajstić information content (AvgIpc) is 2.92. The van der Waals surface area contributed by atoms with Crippen molar-refractivity contribution in [1.29, 1.82) is 0 Å². The zero-order valence-electron chi connectivity index (χ0n) is 12.1. The van der Waals surface area contributed by atoms with Crippen LogP contribution in [0.3, 0.4) is 0 Å². The minimum Gasteiger partial charge on any atom is -0.381 e. The second-order valence-corrected chi connectivity index (χ2v) is 5.50. The quantitative estimate of drug-likeness (QED) is 0.642. The Balaban J connectivity index is 1.89. The van der Waals surface area contributed by atoms with Gasteiger partial charge in [-0.2, -0.15) is 0 Å². The number of rotatable bonds is 6. The number of ether oxygens (including phenoxy) is 1. The van der Waals surface area contributed by atoms with E-state index in [-0.39, 0.29) is 16.7 Å². The van der Waals surface area contributed by atoms with E-state index >= 15 is 0 Å². The number of nitro groups is 1. The fraction of sp³-hybridized carbons (Fsp3) is 0.600. The Morgan fingerprint density at radius 3 is 3.00 bits per heavy atom. The molecule has 2 rings (SSSR count). The van der Waals surface area contributed by atoms with Crippen LogP contribution < -0.4 is 5.32 Å². The molecular formula is C15H22N2O3. The van der Waals surface area contributed by atoms with Crippen molar-refractivity contribution in [2.45, 2.75) is 32.7 Å². The summed E-state index contributed by atoms with van der Waals surface area (Å²) in [6.45, 7) is 6.47. The van der Waals surface area contributed by atoms with Crippen molar-refractivity contribution in [2.24, 2.45) is 5.92 Å². The van der Waals surface area contributed by atoms with Gasteiger partial charge in [0.2, 0.25) is 0 Å². The summed E-state index contributed by atoms with van der Waals surface area (Å²) in [6.07, 6.45) is 2.24. The number of hydrogen-bond donors (Lipinski definition) is 1. The van der Waals surface area contributed by atoms with Gasteiger partial charge in [-0.05, 0) is 44.7 Å². The van der Waals surface area contributed by atoms with Crippen molar-refractivity contribution in [2.75, 3.05) is 19.8 Å². The van der Waals surface area contributed by atoms with Crippen molar-refractivity contribution < 1.29 is 9.66 Å². The summed E-state index contributed by atoms with van der Waals surface area (Å²) in [5, 5.41) is 14.4. The number of nitro benzene ring substituents is 1. The zero-order chi connectivity index (χ0) is 14.5. The zero-order valence-corrected chi connectivity index (χ0v) is 12.1. The van der Waals surface area contributed by atoms with Crippen LogP contribution in [-0.4, -0.2) is 24.7 Å². The van der Waals surface area contributed by atoms with E-state index in [2.05, 4.69) is 5.32 Å². The first kappa shape index (κ1) is 14.9. The Morgan fingerprint density at radius 2 is 2.35 bits per heavy atom. The summed E-state index contributed by atoms with van der Waals surface area (Å²) in [7, 11) is 0. The van der Waals surface area contributed by atoms with Crippen LogP contribution in [0.5, 0.6) is 0 Å². The topological polar surface area (TPSA) is 64.4 Å². The van der Waals surface area contributed by atoms with Crippen molar-refractivity contribution >= 4 is 5.69 Å². The molecule has 1 saturated heterocycles.